The van der Waals surface area contributed by atoms with Crippen molar-refractivity contribution in [3.63, 3.8) is 0 Å². The van der Waals surface area contributed by atoms with E-state index in [1.165, 1.54) is 11.3 Å². The molecule has 102 valence electrons. The molecule has 2 heterocycles. The average Bonchev–Trinajstić information content (AvgIpc) is 2.86. The van der Waals surface area contributed by atoms with Crippen molar-refractivity contribution in [3.8, 4) is 0 Å². The quantitative estimate of drug-likeness (QED) is 0.763. The minimum absolute atomic E-state index is 0.274. The lowest BCUT2D eigenvalue weighted by Gasteiger charge is -2.07. The highest BCUT2D eigenvalue weighted by Gasteiger charge is 2.16. The van der Waals surface area contributed by atoms with Crippen LogP contribution in [0.15, 0.2) is 56.7 Å². The number of halogens is 1. The summed E-state index contributed by atoms with van der Waals surface area (Å²) in [6.45, 7) is 0. The van der Waals surface area contributed by atoms with Crippen molar-refractivity contribution in [2.24, 2.45) is 0 Å². The molecule has 3 rings (SSSR count). The molecular formula is C13H9BrN2O2S2. The summed E-state index contributed by atoms with van der Waals surface area (Å²) in [6, 6.07) is 12.2. The van der Waals surface area contributed by atoms with Crippen LogP contribution in [0.25, 0.3) is 10.9 Å². The van der Waals surface area contributed by atoms with E-state index in [4.69, 9.17) is 0 Å². The number of nitrogens with zero attached hydrogens (tertiary/aromatic N) is 1. The molecule has 0 amide bonds. The zero-order chi connectivity index (χ0) is 14.2. The summed E-state index contributed by atoms with van der Waals surface area (Å²) in [5.41, 5.74) is 1.35. The van der Waals surface area contributed by atoms with E-state index in [2.05, 4.69) is 25.6 Å². The lowest BCUT2D eigenvalue weighted by Crippen LogP contribution is -2.11. The van der Waals surface area contributed by atoms with Gasteiger partial charge in [0.15, 0.2) is 0 Å². The van der Waals surface area contributed by atoms with Gasteiger partial charge in [0.2, 0.25) is 0 Å². The van der Waals surface area contributed by atoms with Gasteiger partial charge in [-0.25, -0.2) is 8.42 Å². The van der Waals surface area contributed by atoms with Crippen molar-refractivity contribution < 1.29 is 8.42 Å². The molecule has 0 bridgehead atoms. The second-order valence-electron chi connectivity index (χ2n) is 4.07. The zero-order valence-corrected chi connectivity index (χ0v) is 13.3. The van der Waals surface area contributed by atoms with Crippen LogP contribution in [0.1, 0.15) is 0 Å². The highest BCUT2D eigenvalue weighted by molar-refractivity contribution is 9.11. The summed E-state index contributed by atoms with van der Waals surface area (Å²) < 4.78 is 28.1. The molecule has 0 radical (unpaired) electrons. The van der Waals surface area contributed by atoms with Crippen molar-refractivity contribution in [3.05, 3.63) is 52.4 Å². The number of aromatic nitrogens is 1. The maximum atomic E-state index is 12.2. The number of sulfonamides is 1. The molecule has 0 saturated heterocycles. The predicted octanol–water partition coefficient (Wildman–Crippen LogP) is 3.86. The third-order valence-electron chi connectivity index (χ3n) is 2.67. The van der Waals surface area contributed by atoms with E-state index >= 15 is 0 Å². The maximum Gasteiger partial charge on any atom is 0.271 e. The van der Waals surface area contributed by atoms with Gasteiger partial charge in [-0.15, -0.1) is 11.3 Å². The predicted molar refractivity (Wildman–Crippen MR) is 84.6 cm³/mol. The number of pyridine rings is 1. The van der Waals surface area contributed by atoms with Gasteiger partial charge in [-0.05, 0) is 52.3 Å². The van der Waals surface area contributed by atoms with Gasteiger partial charge in [-0.3, -0.25) is 9.71 Å². The van der Waals surface area contributed by atoms with Gasteiger partial charge in [-0.2, -0.15) is 0 Å². The molecule has 1 N–H and O–H groups in total. The van der Waals surface area contributed by atoms with Crippen LogP contribution in [0.5, 0.6) is 0 Å². The lowest BCUT2D eigenvalue weighted by atomic mass is 10.2. The van der Waals surface area contributed by atoms with Gasteiger partial charge < -0.3 is 0 Å². The van der Waals surface area contributed by atoms with Gasteiger partial charge in [0.05, 0.1) is 9.30 Å². The smallest absolute Gasteiger partial charge is 0.271 e. The van der Waals surface area contributed by atoms with Crippen molar-refractivity contribution in [2.75, 3.05) is 4.72 Å². The molecule has 0 aliphatic carbocycles. The molecule has 0 atom stereocenters. The first-order chi connectivity index (χ1) is 9.54. The molecule has 0 aliphatic heterocycles. The molecule has 4 nitrogen and oxygen atoms in total. The number of nitrogens with one attached hydrogen (secondary N) is 1. The first kappa shape index (κ1) is 13.5. The molecule has 1 aromatic carbocycles. The normalized spacial score (nSPS) is 11.7. The Balaban J connectivity index is 1.96. The molecule has 20 heavy (non-hydrogen) atoms. The van der Waals surface area contributed by atoms with Crippen LogP contribution in [-0.4, -0.2) is 13.4 Å². The first-order valence-electron chi connectivity index (χ1n) is 5.67. The number of thiophene rings is 1. The minimum atomic E-state index is -3.54. The fourth-order valence-corrected chi connectivity index (χ4v) is 4.85. The van der Waals surface area contributed by atoms with Gasteiger partial charge in [0, 0.05) is 17.3 Å². The third-order valence-corrected chi connectivity index (χ3v) is 6.17. The van der Waals surface area contributed by atoms with Crippen molar-refractivity contribution in [2.45, 2.75) is 4.21 Å². The molecule has 0 aliphatic rings. The second kappa shape index (κ2) is 5.16. The van der Waals surface area contributed by atoms with E-state index in [9.17, 15) is 8.42 Å². The van der Waals surface area contributed by atoms with Crippen LogP contribution in [0.2, 0.25) is 0 Å². The summed E-state index contributed by atoms with van der Waals surface area (Å²) in [5.74, 6) is 0. The van der Waals surface area contributed by atoms with E-state index in [0.29, 0.717) is 5.69 Å². The Kier molecular flexibility index (Phi) is 3.49. The molecule has 0 fully saturated rings. The molecule has 7 heteroatoms. The van der Waals surface area contributed by atoms with E-state index < -0.39 is 10.0 Å². The van der Waals surface area contributed by atoms with Crippen LogP contribution >= 0.6 is 27.3 Å². The monoisotopic (exact) mass is 368 g/mol. The molecule has 0 spiro atoms. The number of rotatable bonds is 3. The number of hydrogen-bond acceptors (Lipinski definition) is 4. The average molecular weight is 369 g/mol. The topological polar surface area (TPSA) is 59.1 Å². The minimum Gasteiger partial charge on any atom is -0.279 e. The van der Waals surface area contributed by atoms with E-state index in [0.717, 1.165) is 14.7 Å². The first-order valence-corrected chi connectivity index (χ1v) is 8.77. The van der Waals surface area contributed by atoms with Crippen molar-refractivity contribution >= 4 is 53.9 Å². The highest BCUT2D eigenvalue weighted by Crippen LogP contribution is 2.28. The van der Waals surface area contributed by atoms with Crippen LogP contribution in [-0.2, 0) is 10.0 Å². The maximum absolute atomic E-state index is 12.2. The highest BCUT2D eigenvalue weighted by atomic mass is 79.9. The molecule has 3 aromatic rings. The van der Waals surface area contributed by atoms with E-state index in [1.54, 1.807) is 36.5 Å². The van der Waals surface area contributed by atoms with E-state index in [-0.39, 0.29) is 4.21 Å². The number of hydrogen-bond donors (Lipinski definition) is 1. The Bertz CT molecular complexity index is 875. The molecule has 2 aromatic heterocycles. The van der Waals surface area contributed by atoms with Gasteiger partial charge in [0.1, 0.15) is 4.21 Å². The largest absolute Gasteiger partial charge is 0.279 e. The number of fused-ring (bicyclic) bond motifs is 1. The van der Waals surface area contributed by atoms with Crippen LogP contribution in [0.3, 0.4) is 0 Å². The number of anilines is 1. The summed E-state index contributed by atoms with van der Waals surface area (Å²) in [4.78, 5) is 4.20. The summed E-state index contributed by atoms with van der Waals surface area (Å²) in [7, 11) is -3.54. The van der Waals surface area contributed by atoms with Gasteiger partial charge in [0.25, 0.3) is 10.0 Å². The summed E-state index contributed by atoms with van der Waals surface area (Å²) in [5, 5.41) is 0.889. The van der Waals surface area contributed by atoms with Crippen LogP contribution < -0.4 is 4.72 Å². The third kappa shape index (κ3) is 2.70. The lowest BCUT2D eigenvalue weighted by molar-refractivity contribution is 0.603. The van der Waals surface area contributed by atoms with Crippen molar-refractivity contribution in [1.29, 1.82) is 0 Å². The molecule has 0 unspecified atom stereocenters. The number of benzene rings is 1. The zero-order valence-electron chi connectivity index (χ0n) is 10.1. The fraction of sp³-hybridized carbons (Fsp3) is 0. The van der Waals surface area contributed by atoms with Crippen molar-refractivity contribution in [1.82, 2.24) is 4.98 Å². The van der Waals surface area contributed by atoms with Crippen LogP contribution in [0, 0.1) is 0 Å². The summed E-state index contributed by atoms with van der Waals surface area (Å²) >= 11 is 4.43. The fourth-order valence-electron chi connectivity index (χ4n) is 1.79. The Hall–Kier alpha value is -1.44. The van der Waals surface area contributed by atoms with Gasteiger partial charge in [-0.1, -0.05) is 6.07 Å². The van der Waals surface area contributed by atoms with Gasteiger partial charge >= 0.3 is 0 Å². The molecular weight excluding hydrogens is 360 g/mol. The summed E-state index contributed by atoms with van der Waals surface area (Å²) in [6.07, 6.45) is 1.70. The Morgan fingerprint density at radius 3 is 2.75 bits per heavy atom. The SMILES string of the molecule is O=S(=O)(Nc1ccc2ncccc2c1)c1ccc(Br)s1. The second-order valence-corrected chi connectivity index (χ2v) is 8.45. The van der Waals surface area contributed by atoms with Crippen LogP contribution in [0.4, 0.5) is 5.69 Å². The Morgan fingerprint density at radius 2 is 2.00 bits per heavy atom. The standard InChI is InChI=1S/C13H9BrN2O2S2/c14-12-5-6-13(19-12)20(17,18)16-10-3-4-11-9(8-10)2-1-7-15-11/h1-8,16H. The Labute approximate surface area is 128 Å². The van der Waals surface area contributed by atoms with E-state index in [1.807, 2.05) is 12.1 Å². The Morgan fingerprint density at radius 1 is 1.15 bits per heavy atom. The molecule has 0 saturated carbocycles.